The molecular formula is C16H23NO. The van der Waals surface area contributed by atoms with E-state index in [9.17, 15) is 4.79 Å². The van der Waals surface area contributed by atoms with Crippen LogP contribution in [0, 0.1) is 26.7 Å². The van der Waals surface area contributed by atoms with Gasteiger partial charge in [0.2, 0.25) is 0 Å². The highest BCUT2D eigenvalue weighted by atomic mass is 16.2. The topological polar surface area (TPSA) is 20.3 Å². The van der Waals surface area contributed by atoms with E-state index in [1.807, 2.05) is 17.9 Å². The highest BCUT2D eigenvalue weighted by Crippen LogP contribution is 2.21. The van der Waals surface area contributed by atoms with Crippen LogP contribution in [0.3, 0.4) is 0 Å². The molecule has 1 aromatic carbocycles. The summed E-state index contributed by atoms with van der Waals surface area (Å²) in [5.74, 6) is 0.844. The Hall–Kier alpha value is -1.31. The van der Waals surface area contributed by atoms with Crippen LogP contribution in [0.15, 0.2) is 12.1 Å². The van der Waals surface area contributed by atoms with Crippen molar-refractivity contribution in [3.63, 3.8) is 0 Å². The zero-order chi connectivity index (χ0) is 13.3. The van der Waals surface area contributed by atoms with Crippen LogP contribution in [0.4, 0.5) is 0 Å². The quantitative estimate of drug-likeness (QED) is 0.741. The molecule has 0 radical (unpaired) electrons. The van der Waals surface area contributed by atoms with Gasteiger partial charge in [-0.2, -0.15) is 0 Å². The number of nitrogens with zero attached hydrogens (tertiary/aromatic N) is 1. The van der Waals surface area contributed by atoms with Crippen molar-refractivity contribution in [1.82, 2.24) is 4.90 Å². The number of hydrogen-bond acceptors (Lipinski definition) is 1. The summed E-state index contributed by atoms with van der Waals surface area (Å²) in [4.78, 5) is 14.6. The minimum absolute atomic E-state index is 0.210. The Morgan fingerprint density at radius 2 is 1.83 bits per heavy atom. The van der Waals surface area contributed by atoms with Gasteiger partial charge in [0.15, 0.2) is 0 Å². The number of amides is 1. The molecule has 2 nitrogen and oxygen atoms in total. The second-order valence-corrected chi connectivity index (χ2v) is 5.75. The van der Waals surface area contributed by atoms with Gasteiger partial charge >= 0.3 is 0 Å². The molecule has 1 aliphatic rings. The Morgan fingerprint density at radius 3 is 2.50 bits per heavy atom. The highest BCUT2D eigenvalue weighted by Gasteiger charge is 2.23. The van der Waals surface area contributed by atoms with Crippen molar-refractivity contribution in [2.75, 3.05) is 13.1 Å². The first-order chi connectivity index (χ1) is 8.49. The summed E-state index contributed by atoms with van der Waals surface area (Å²) in [5.41, 5.74) is 4.44. The van der Waals surface area contributed by atoms with E-state index in [4.69, 9.17) is 0 Å². The van der Waals surface area contributed by atoms with E-state index in [2.05, 4.69) is 26.8 Å². The van der Waals surface area contributed by atoms with Gasteiger partial charge in [-0.15, -0.1) is 0 Å². The Kier molecular flexibility index (Phi) is 3.74. The van der Waals surface area contributed by atoms with Gasteiger partial charge in [-0.1, -0.05) is 13.0 Å². The number of likely N-dealkylation sites (tertiary alicyclic amines) is 1. The van der Waals surface area contributed by atoms with E-state index >= 15 is 0 Å². The van der Waals surface area contributed by atoms with Crippen molar-refractivity contribution in [3.8, 4) is 0 Å². The van der Waals surface area contributed by atoms with Gasteiger partial charge in [0.05, 0.1) is 0 Å². The molecule has 0 aliphatic carbocycles. The second-order valence-electron chi connectivity index (χ2n) is 5.75. The third-order valence-corrected chi connectivity index (χ3v) is 4.02. The van der Waals surface area contributed by atoms with Gasteiger partial charge < -0.3 is 4.90 Å². The van der Waals surface area contributed by atoms with E-state index in [1.165, 1.54) is 17.5 Å². The second kappa shape index (κ2) is 5.13. The van der Waals surface area contributed by atoms with Crippen LogP contribution in [-0.4, -0.2) is 23.9 Å². The summed E-state index contributed by atoms with van der Waals surface area (Å²) in [6, 6.07) is 4.17. The zero-order valence-electron chi connectivity index (χ0n) is 11.9. The largest absolute Gasteiger partial charge is 0.338 e. The Morgan fingerprint density at radius 1 is 1.17 bits per heavy atom. The lowest BCUT2D eigenvalue weighted by Crippen LogP contribution is -2.39. The fraction of sp³-hybridized carbons (Fsp3) is 0.562. The van der Waals surface area contributed by atoms with Crippen LogP contribution in [0.5, 0.6) is 0 Å². The van der Waals surface area contributed by atoms with Gasteiger partial charge in [-0.25, -0.2) is 0 Å². The van der Waals surface area contributed by atoms with Gasteiger partial charge in [-0.05, 0) is 62.3 Å². The molecule has 0 bridgehead atoms. The summed E-state index contributed by atoms with van der Waals surface area (Å²) in [6.45, 7) is 10.3. The molecule has 0 N–H and O–H groups in total. The summed E-state index contributed by atoms with van der Waals surface area (Å²) in [6.07, 6.45) is 2.38. The lowest BCUT2D eigenvalue weighted by Gasteiger charge is -2.31. The predicted octanol–water partition coefficient (Wildman–Crippen LogP) is 3.48. The molecule has 1 fully saturated rings. The van der Waals surface area contributed by atoms with E-state index in [0.29, 0.717) is 5.92 Å². The molecule has 0 unspecified atom stereocenters. The van der Waals surface area contributed by atoms with E-state index < -0.39 is 0 Å². The predicted molar refractivity (Wildman–Crippen MR) is 75.0 cm³/mol. The maximum Gasteiger partial charge on any atom is 0.254 e. The Balaban J connectivity index is 2.25. The minimum atomic E-state index is 0.210. The first-order valence-electron chi connectivity index (χ1n) is 6.86. The number of benzene rings is 1. The number of rotatable bonds is 1. The number of hydrogen-bond donors (Lipinski definition) is 0. The summed E-state index contributed by atoms with van der Waals surface area (Å²) in [7, 11) is 0. The standard InChI is InChI=1S/C16H23NO/c1-11-6-5-7-17(10-11)16(18)15-9-13(3)12(2)8-14(15)4/h8-9,11H,5-7,10H2,1-4H3/t11-/m0/s1. The molecule has 1 aliphatic heterocycles. The molecule has 1 saturated heterocycles. The SMILES string of the molecule is Cc1cc(C)c(C(=O)N2CCC[C@H](C)C2)cc1C. The summed E-state index contributed by atoms with van der Waals surface area (Å²) in [5, 5.41) is 0. The Bertz CT molecular complexity index is 464. The molecule has 1 heterocycles. The number of aryl methyl sites for hydroxylation is 3. The molecule has 2 rings (SSSR count). The maximum atomic E-state index is 12.6. The van der Waals surface area contributed by atoms with Crippen molar-refractivity contribution in [3.05, 3.63) is 34.4 Å². The number of carbonyl (C=O) groups is 1. The maximum absolute atomic E-state index is 12.6. The molecular weight excluding hydrogens is 222 g/mol. The normalized spacial score (nSPS) is 20.0. The molecule has 98 valence electrons. The molecule has 0 saturated carbocycles. The van der Waals surface area contributed by atoms with Crippen molar-refractivity contribution >= 4 is 5.91 Å². The molecule has 1 amide bonds. The van der Waals surface area contributed by atoms with Crippen molar-refractivity contribution in [2.45, 2.75) is 40.5 Å². The van der Waals surface area contributed by atoms with Gasteiger partial charge in [0.1, 0.15) is 0 Å². The van der Waals surface area contributed by atoms with Crippen molar-refractivity contribution in [2.24, 2.45) is 5.92 Å². The Labute approximate surface area is 110 Å². The van der Waals surface area contributed by atoms with E-state index in [0.717, 1.165) is 30.6 Å². The molecule has 1 atom stereocenters. The monoisotopic (exact) mass is 245 g/mol. The van der Waals surface area contributed by atoms with Gasteiger partial charge in [0, 0.05) is 18.7 Å². The van der Waals surface area contributed by atoms with Crippen LogP contribution < -0.4 is 0 Å². The molecule has 1 aromatic rings. The lowest BCUT2D eigenvalue weighted by molar-refractivity contribution is 0.0682. The van der Waals surface area contributed by atoms with Crippen molar-refractivity contribution in [1.29, 1.82) is 0 Å². The lowest BCUT2D eigenvalue weighted by atomic mass is 9.96. The van der Waals surface area contributed by atoms with Gasteiger partial charge in [-0.3, -0.25) is 4.79 Å². The summed E-state index contributed by atoms with van der Waals surface area (Å²) >= 11 is 0. The average Bonchev–Trinajstić information content (AvgIpc) is 2.33. The van der Waals surface area contributed by atoms with Crippen LogP contribution in [0.2, 0.25) is 0 Å². The smallest absolute Gasteiger partial charge is 0.254 e. The number of piperidine rings is 1. The van der Waals surface area contributed by atoms with Crippen LogP contribution in [0.1, 0.15) is 46.8 Å². The van der Waals surface area contributed by atoms with Crippen LogP contribution in [-0.2, 0) is 0 Å². The fourth-order valence-corrected chi connectivity index (χ4v) is 2.74. The average molecular weight is 245 g/mol. The van der Waals surface area contributed by atoms with Crippen LogP contribution >= 0.6 is 0 Å². The van der Waals surface area contributed by atoms with Crippen LogP contribution in [0.25, 0.3) is 0 Å². The highest BCUT2D eigenvalue weighted by molar-refractivity contribution is 5.96. The number of carbonyl (C=O) groups excluding carboxylic acids is 1. The fourth-order valence-electron chi connectivity index (χ4n) is 2.74. The molecule has 2 heteroatoms. The first kappa shape index (κ1) is 13.1. The minimum Gasteiger partial charge on any atom is -0.338 e. The van der Waals surface area contributed by atoms with Gasteiger partial charge in [0.25, 0.3) is 5.91 Å². The summed E-state index contributed by atoms with van der Waals surface area (Å²) < 4.78 is 0. The van der Waals surface area contributed by atoms with Crippen molar-refractivity contribution < 1.29 is 4.79 Å². The van der Waals surface area contributed by atoms with E-state index in [1.54, 1.807) is 0 Å². The molecule has 0 aromatic heterocycles. The third-order valence-electron chi connectivity index (χ3n) is 4.02. The zero-order valence-corrected chi connectivity index (χ0v) is 11.9. The third kappa shape index (κ3) is 2.58. The van der Waals surface area contributed by atoms with E-state index in [-0.39, 0.29) is 5.91 Å². The molecule has 18 heavy (non-hydrogen) atoms. The molecule has 0 spiro atoms. The first-order valence-corrected chi connectivity index (χ1v) is 6.86.